The van der Waals surface area contributed by atoms with Crippen LogP contribution in [0.25, 0.3) is 0 Å². The van der Waals surface area contributed by atoms with Gasteiger partial charge in [0.25, 0.3) is 0 Å². The highest BCUT2D eigenvalue weighted by atomic mass is 16.4. The molecule has 26 heavy (non-hydrogen) atoms. The number of benzene rings is 3. The molecule has 0 saturated heterocycles. The van der Waals surface area contributed by atoms with Crippen LogP contribution in [0.1, 0.15) is 44.1 Å². The lowest BCUT2D eigenvalue weighted by Gasteiger charge is -2.22. The Morgan fingerprint density at radius 3 is 1.77 bits per heavy atom. The van der Waals surface area contributed by atoms with E-state index in [4.69, 9.17) is 0 Å². The van der Waals surface area contributed by atoms with E-state index in [1.54, 1.807) is 56.3 Å². The van der Waals surface area contributed by atoms with Crippen LogP contribution in [0.5, 0.6) is 11.5 Å². The number of aromatic hydroxyl groups is 2. The zero-order chi connectivity index (χ0) is 18.8. The Bertz CT molecular complexity index is 924. The molecule has 3 N–H and O–H groups in total. The number of hydrogen-bond donors (Lipinski definition) is 3. The molecule has 0 amide bonds. The molecule has 3 aromatic carbocycles. The molecule has 0 atom stereocenters. The first-order valence-electron chi connectivity index (χ1n) is 8.29. The van der Waals surface area contributed by atoms with Gasteiger partial charge in [-0.15, -0.1) is 0 Å². The van der Waals surface area contributed by atoms with Crippen molar-refractivity contribution in [2.45, 2.75) is 19.8 Å². The molecule has 0 unspecified atom stereocenters. The van der Waals surface area contributed by atoms with E-state index >= 15 is 0 Å². The Morgan fingerprint density at radius 1 is 0.808 bits per heavy atom. The molecule has 3 aromatic rings. The molecule has 0 fully saturated rings. The van der Waals surface area contributed by atoms with E-state index in [1.807, 2.05) is 18.2 Å². The maximum Gasteiger partial charge on any atom is 0.335 e. The summed E-state index contributed by atoms with van der Waals surface area (Å²) in [4.78, 5) is 11.8. The molecule has 132 valence electrons. The summed E-state index contributed by atoms with van der Waals surface area (Å²) in [5.41, 5.74) is 4.08. The molecule has 0 aliphatic heterocycles. The molecule has 0 radical (unpaired) electrons. The van der Waals surface area contributed by atoms with Gasteiger partial charge in [-0.05, 0) is 59.9 Å². The minimum absolute atomic E-state index is 0.195. The number of aromatic carboxylic acids is 1. The number of carboxylic acid groups (broad SMARTS) is 1. The zero-order valence-electron chi connectivity index (χ0n) is 14.6. The lowest BCUT2D eigenvalue weighted by Crippen LogP contribution is -2.10. The molecule has 0 aliphatic carbocycles. The average molecular weight is 348 g/mol. The lowest BCUT2D eigenvalue weighted by atomic mass is 9.82. The van der Waals surface area contributed by atoms with Crippen molar-refractivity contribution in [3.63, 3.8) is 0 Å². The molecule has 0 spiro atoms. The summed E-state index contributed by atoms with van der Waals surface area (Å²) in [6, 6.07) is 17.5. The summed E-state index contributed by atoms with van der Waals surface area (Å²) >= 11 is 0. The molecule has 0 aromatic heterocycles. The third-order valence-electron chi connectivity index (χ3n) is 4.61. The third-order valence-corrected chi connectivity index (χ3v) is 4.61. The second-order valence-electron chi connectivity index (χ2n) is 6.42. The highest BCUT2D eigenvalue weighted by molar-refractivity contribution is 5.90. The van der Waals surface area contributed by atoms with Gasteiger partial charge in [-0.2, -0.15) is 0 Å². The Kier molecular flexibility index (Phi) is 4.67. The standard InChI is InChI=1S/C22H20O4/c1-13-11-15(7-9-19(13)23)21(16-8-10-20(24)14(2)12-16)17-5-3-4-6-18(17)22(25)26/h3-12,21,23-24H,1-2H3,(H,25,26). The molecular weight excluding hydrogens is 328 g/mol. The van der Waals surface area contributed by atoms with Crippen LogP contribution in [-0.4, -0.2) is 21.3 Å². The van der Waals surface area contributed by atoms with Crippen LogP contribution in [0.15, 0.2) is 60.7 Å². The number of hydrogen-bond acceptors (Lipinski definition) is 3. The van der Waals surface area contributed by atoms with Crippen molar-refractivity contribution in [2.24, 2.45) is 0 Å². The summed E-state index contributed by atoms with van der Waals surface area (Å²) in [6.07, 6.45) is 0. The van der Waals surface area contributed by atoms with Crippen LogP contribution in [0.4, 0.5) is 0 Å². The van der Waals surface area contributed by atoms with Crippen molar-refractivity contribution in [1.29, 1.82) is 0 Å². The highest BCUT2D eigenvalue weighted by Crippen LogP contribution is 2.37. The summed E-state index contributed by atoms with van der Waals surface area (Å²) in [5.74, 6) is -0.931. The summed E-state index contributed by atoms with van der Waals surface area (Å²) < 4.78 is 0. The van der Waals surface area contributed by atoms with Crippen LogP contribution in [0, 0.1) is 13.8 Å². The van der Waals surface area contributed by atoms with Crippen LogP contribution < -0.4 is 0 Å². The molecular formula is C22H20O4. The van der Waals surface area contributed by atoms with Crippen molar-refractivity contribution in [1.82, 2.24) is 0 Å². The van der Waals surface area contributed by atoms with Crippen LogP contribution in [0.3, 0.4) is 0 Å². The SMILES string of the molecule is Cc1cc(C(c2ccc(O)c(C)c2)c2ccccc2C(=O)O)ccc1O. The van der Waals surface area contributed by atoms with Gasteiger partial charge in [0.1, 0.15) is 11.5 Å². The van der Waals surface area contributed by atoms with Gasteiger partial charge in [-0.25, -0.2) is 4.79 Å². The Labute approximate surface area is 152 Å². The molecule has 4 nitrogen and oxygen atoms in total. The largest absolute Gasteiger partial charge is 0.508 e. The van der Waals surface area contributed by atoms with Crippen molar-refractivity contribution < 1.29 is 20.1 Å². The van der Waals surface area contributed by atoms with Gasteiger partial charge in [0.2, 0.25) is 0 Å². The van der Waals surface area contributed by atoms with E-state index in [2.05, 4.69) is 0 Å². The van der Waals surface area contributed by atoms with Crippen molar-refractivity contribution in [3.8, 4) is 11.5 Å². The maximum absolute atomic E-state index is 11.8. The van der Waals surface area contributed by atoms with Gasteiger partial charge in [0.15, 0.2) is 0 Å². The van der Waals surface area contributed by atoms with E-state index < -0.39 is 5.97 Å². The van der Waals surface area contributed by atoms with Crippen LogP contribution in [-0.2, 0) is 0 Å². The van der Waals surface area contributed by atoms with Crippen LogP contribution in [0.2, 0.25) is 0 Å². The normalized spacial score (nSPS) is 10.9. The van der Waals surface area contributed by atoms with Gasteiger partial charge in [0.05, 0.1) is 5.56 Å². The maximum atomic E-state index is 11.8. The fraction of sp³-hybridized carbons (Fsp3) is 0.136. The van der Waals surface area contributed by atoms with Gasteiger partial charge in [-0.3, -0.25) is 0 Å². The molecule has 0 bridgehead atoms. The minimum atomic E-state index is -0.989. The van der Waals surface area contributed by atoms with E-state index in [9.17, 15) is 20.1 Å². The first-order valence-corrected chi connectivity index (χ1v) is 8.29. The second-order valence-corrected chi connectivity index (χ2v) is 6.42. The van der Waals surface area contributed by atoms with E-state index in [0.29, 0.717) is 5.56 Å². The number of phenols is 2. The topological polar surface area (TPSA) is 77.8 Å². The number of aryl methyl sites for hydroxylation is 2. The second kappa shape index (κ2) is 6.92. The quantitative estimate of drug-likeness (QED) is 0.603. The molecule has 3 rings (SSSR count). The first-order chi connectivity index (χ1) is 12.4. The average Bonchev–Trinajstić information content (AvgIpc) is 2.61. The molecule has 0 aliphatic rings. The van der Waals surface area contributed by atoms with Gasteiger partial charge in [0, 0.05) is 5.92 Å². The minimum Gasteiger partial charge on any atom is -0.508 e. The number of carboxylic acids is 1. The fourth-order valence-electron chi connectivity index (χ4n) is 3.21. The van der Waals surface area contributed by atoms with Crippen molar-refractivity contribution >= 4 is 5.97 Å². The predicted molar refractivity (Wildman–Crippen MR) is 100 cm³/mol. The smallest absolute Gasteiger partial charge is 0.335 e. The van der Waals surface area contributed by atoms with Gasteiger partial charge in [-0.1, -0.05) is 42.5 Å². The Balaban J connectivity index is 2.27. The zero-order valence-corrected chi connectivity index (χ0v) is 14.6. The monoisotopic (exact) mass is 348 g/mol. The Morgan fingerprint density at radius 2 is 1.31 bits per heavy atom. The molecule has 4 heteroatoms. The fourth-order valence-corrected chi connectivity index (χ4v) is 3.21. The summed E-state index contributed by atoms with van der Waals surface area (Å²) in [7, 11) is 0. The summed E-state index contributed by atoms with van der Waals surface area (Å²) in [5, 5.41) is 29.4. The van der Waals surface area contributed by atoms with E-state index in [-0.39, 0.29) is 23.0 Å². The number of phenolic OH excluding ortho intramolecular Hbond substituents is 2. The predicted octanol–water partition coefficient (Wildman–Crippen LogP) is 4.59. The number of rotatable bonds is 4. The van der Waals surface area contributed by atoms with E-state index in [1.165, 1.54) is 0 Å². The first kappa shape index (κ1) is 17.5. The van der Waals surface area contributed by atoms with Gasteiger partial charge < -0.3 is 15.3 Å². The molecule has 0 saturated carbocycles. The molecule has 0 heterocycles. The third kappa shape index (κ3) is 3.26. The number of carbonyl (C=O) groups is 1. The lowest BCUT2D eigenvalue weighted by molar-refractivity contribution is 0.0695. The van der Waals surface area contributed by atoms with Gasteiger partial charge >= 0.3 is 5.97 Å². The van der Waals surface area contributed by atoms with Crippen molar-refractivity contribution in [2.75, 3.05) is 0 Å². The summed E-state index contributed by atoms with van der Waals surface area (Å²) in [6.45, 7) is 3.61. The highest BCUT2D eigenvalue weighted by Gasteiger charge is 2.23. The van der Waals surface area contributed by atoms with Crippen LogP contribution >= 0.6 is 0 Å². The van der Waals surface area contributed by atoms with Crippen molar-refractivity contribution in [3.05, 3.63) is 94.0 Å². The van der Waals surface area contributed by atoms with E-state index in [0.717, 1.165) is 22.3 Å². The Hall–Kier alpha value is -3.27.